The molecule has 0 fully saturated rings. The van der Waals surface area contributed by atoms with Crippen LogP contribution in [-0.2, 0) is 0 Å². The molecular formula is C18H16N6O2. The van der Waals surface area contributed by atoms with Crippen LogP contribution < -0.4 is 22.1 Å². The smallest absolute Gasteiger partial charge is 0.256 e. The fraction of sp³-hybridized carbons (Fsp3) is 0. The van der Waals surface area contributed by atoms with Crippen LogP contribution in [0.15, 0.2) is 60.9 Å². The third-order valence-electron chi connectivity index (χ3n) is 3.44. The molecule has 6 N–H and O–H groups in total. The molecule has 0 aliphatic carbocycles. The van der Waals surface area contributed by atoms with Crippen LogP contribution in [0.25, 0.3) is 0 Å². The zero-order chi connectivity index (χ0) is 18.5. The molecule has 130 valence electrons. The number of benzene rings is 1. The standard InChI is InChI=1S/C18H16N6O2/c19-13-4-6-15(21-9-13)23-17(25)11-2-1-3-12(8-11)18(26)24-16-7-5-14(20)10-22-16/h1-10H,19-20H2,(H,21,23,25)(H,22,24,26). The quantitative estimate of drug-likeness (QED) is 0.570. The van der Waals surface area contributed by atoms with Crippen LogP contribution in [-0.4, -0.2) is 21.8 Å². The van der Waals surface area contributed by atoms with Crippen LogP contribution in [0.2, 0.25) is 0 Å². The van der Waals surface area contributed by atoms with Crippen LogP contribution in [0.4, 0.5) is 23.0 Å². The van der Waals surface area contributed by atoms with Gasteiger partial charge in [0.2, 0.25) is 0 Å². The van der Waals surface area contributed by atoms with E-state index < -0.39 is 0 Å². The molecule has 2 heterocycles. The van der Waals surface area contributed by atoms with Crippen LogP contribution >= 0.6 is 0 Å². The highest BCUT2D eigenvalue weighted by Gasteiger charge is 2.12. The van der Waals surface area contributed by atoms with E-state index in [1.165, 1.54) is 18.5 Å². The third kappa shape index (κ3) is 4.12. The summed E-state index contributed by atoms with van der Waals surface area (Å²) in [6.45, 7) is 0. The van der Waals surface area contributed by atoms with Gasteiger partial charge in [-0.05, 0) is 42.5 Å². The van der Waals surface area contributed by atoms with Gasteiger partial charge >= 0.3 is 0 Å². The van der Waals surface area contributed by atoms with Gasteiger partial charge in [0.05, 0.1) is 23.8 Å². The first kappa shape index (κ1) is 16.9. The molecule has 0 saturated heterocycles. The van der Waals surface area contributed by atoms with Gasteiger partial charge in [-0.2, -0.15) is 0 Å². The van der Waals surface area contributed by atoms with Gasteiger partial charge < -0.3 is 22.1 Å². The number of hydrogen-bond acceptors (Lipinski definition) is 6. The largest absolute Gasteiger partial charge is 0.397 e. The van der Waals surface area contributed by atoms with Crippen molar-refractivity contribution in [3.8, 4) is 0 Å². The minimum atomic E-state index is -0.387. The highest BCUT2D eigenvalue weighted by atomic mass is 16.2. The van der Waals surface area contributed by atoms with Crippen molar-refractivity contribution in [2.75, 3.05) is 22.1 Å². The van der Waals surface area contributed by atoms with Crippen molar-refractivity contribution in [1.29, 1.82) is 0 Å². The van der Waals surface area contributed by atoms with Crippen LogP contribution in [0.1, 0.15) is 20.7 Å². The van der Waals surface area contributed by atoms with Crippen molar-refractivity contribution in [3.63, 3.8) is 0 Å². The molecule has 1 aromatic carbocycles. The second kappa shape index (κ2) is 7.31. The van der Waals surface area contributed by atoms with Gasteiger partial charge in [0, 0.05) is 11.1 Å². The Hall–Kier alpha value is -3.94. The maximum absolute atomic E-state index is 12.3. The van der Waals surface area contributed by atoms with E-state index >= 15 is 0 Å². The minimum absolute atomic E-state index is 0.321. The summed E-state index contributed by atoms with van der Waals surface area (Å²) in [6.07, 6.45) is 2.89. The molecule has 0 atom stereocenters. The van der Waals surface area contributed by atoms with Crippen molar-refractivity contribution in [1.82, 2.24) is 9.97 Å². The topological polar surface area (TPSA) is 136 Å². The van der Waals surface area contributed by atoms with Crippen LogP contribution in [0, 0.1) is 0 Å². The Morgan fingerprint density at radius 3 is 1.58 bits per heavy atom. The second-order valence-corrected chi connectivity index (χ2v) is 5.44. The summed E-state index contributed by atoms with van der Waals surface area (Å²) in [5.41, 5.74) is 12.8. The predicted molar refractivity (Wildman–Crippen MR) is 99.6 cm³/mol. The molecule has 0 unspecified atom stereocenters. The number of aromatic nitrogens is 2. The van der Waals surface area contributed by atoms with E-state index in [0.29, 0.717) is 34.1 Å². The molecular weight excluding hydrogens is 332 g/mol. The van der Waals surface area contributed by atoms with Gasteiger partial charge in [0.15, 0.2) is 0 Å². The SMILES string of the molecule is Nc1ccc(NC(=O)c2cccc(C(=O)Nc3ccc(N)cn3)c2)nc1. The van der Waals surface area contributed by atoms with E-state index in [0.717, 1.165) is 0 Å². The normalized spacial score (nSPS) is 10.2. The van der Waals surface area contributed by atoms with E-state index in [-0.39, 0.29) is 11.8 Å². The molecule has 0 radical (unpaired) electrons. The first-order chi connectivity index (χ1) is 12.5. The van der Waals surface area contributed by atoms with E-state index in [1.807, 2.05) is 0 Å². The molecule has 3 rings (SSSR count). The molecule has 0 bridgehead atoms. The van der Waals surface area contributed by atoms with Crippen molar-refractivity contribution >= 4 is 34.8 Å². The molecule has 8 heteroatoms. The Morgan fingerprint density at radius 1 is 0.731 bits per heavy atom. The Labute approximate surface area is 149 Å². The third-order valence-corrected chi connectivity index (χ3v) is 3.44. The lowest BCUT2D eigenvalue weighted by molar-refractivity contribution is 0.102. The van der Waals surface area contributed by atoms with Gasteiger partial charge in [-0.15, -0.1) is 0 Å². The molecule has 8 nitrogen and oxygen atoms in total. The number of rotatable bonds is 4. The molecule has 26 heavy (non-hydrogen) atoms. The molecule has 2 amide bonds. The summed E-state index contributed by atoms with van der Waals surface area (Å²) >= 11 is 0. The molecule has 0 saturated carbocycles. The zero-order valence-corrected chi connectivity index (χ0v) is 13.6. The number of hydrogen-bond donors (Lipinski definition) is 4. The van der Waals surface area contributed by atoms with Crippen LogP contribution in [0.5, 0.6) is 0 Å². The lowest BCUT2D eigenvalue weighted by atomic mass is 10.1. The summed E-state index contributed by atoms with van der Waals surface area (Å²) in [4.78, 5) is 32.7. The summed E-state index contributed by atoms with van der Waals surface area (Å²) in [5, 5.41) is 5.29. The number of nitrogens with zero attached hydrogens (tertiary/aromatic N) is 2. The van der Waals surface area contributed by atoms with E-state index in [2.05, 4.69) is 20.6 Å². The average molecular weight is 348 g/mol. The predicted octanol–water partition coefficient (Wildman–Crippen LogP) is 2.15. The molecule has 2 aromatic heterocycles. The van der Waals surface area contributed by atoms with Gasteiger partial charge in [0.25, 0.3) is 11.8 Å². The average Bonchev–Trinajstić information content (AvgIpc) is 2.65. The lowest BCUT2D eigenvalue weighted by Gasteiger charge is -2.07. The van der Waals surface area contributed by atoms with Crippen molar-refractivity contribution in [3.05, 3.63) is 72.1 Å². The molecule has 0 spiro atoms. The van der Waals surface area contributed by atoms with Gasteiger partial charge in [-0.1, -0.05) is 6.07 Å². The highest BCUT2D eigenvalue weighted by molar-refractivity contribution is 6.08. The summed E-state index contributed by atoms with van der Waals surface area (Å²) < 4.78 is 0. The highest BCUT2D eigenvalue weighted by Crippen LogP contribution is 2.12. The Bertz CT molecular complexity index is 864. The number of carbonyl (C=O) groups excluding carboxylic acids is 2. The second-order valence-electron chi connectivity index (χ2n) is 5.44. The molecule has 3 aromatic rings. The van der Waals surface area contributed by atoms with Gasteiger partial charge in [-0.3, -0.25) is 9.59 Å². The Kier molecular flexibility index (Phi) is 4.75. The molecule has 0 aliphatic rings. The van der Waals surface area contributed by atoms with E-state index in [1.54, 1.807) is 42.5 Å². The van der Waals surface area contributed by atoms with E-state index in [4.69, 9.17) is 11.5 Å². The first-order valence-corrected chi connectivity index (χ1v) is 7.67. The lowest BCUT2D eigenvalue weighted by Crippen LogP contribution is -2.16. The minimum Gasteiger partial charge on any atom is -0.397 e. The summed E-state index contributed by atoms with van der Waals surface area (Å²) in [5.74, 6) is -0.0414. The monoisotopic (exact) mass is 348 g/mol. The summed E-state index contributed by atoms with van der Waals surface area (Å²) in [7, 11) is 0. The fourth-order valence-electron chi connectivity index (χ4n) is 2.14. The number of nitrogens with two attached hydrogens (primary N) is 2. The number of pyridine rings is 2. The number of nitrogen functional groups attached to an aromatic ring is 2. The maximum atomic E-state index is 12.3. The van der Waals surface area contributed by atoms with Crippen molar-refractivity contribution in [2.24, 2.45) is 0 Å². The fourth-order valence-corrected chi connectivity index (χ4v) is 2.14. The number of carbonyl (C=O) groups is 2. The number of nitrogens with one attached hydrogen (secondary N) is 2. The molecule has 0 aliphatic heterocycles. The van der Waals surface area contributed by atoms with E-state index in [9.17, 15) is 9.59 Å². The van der Waals surface area contributed by atoms with Crippen molar-refractivity contribution in [2.45, 2.75) is 0 Å². The zero-order valence-electron chi connectivity index (χ0n) is 13.6. The maximum Gasteiger partial charge on any atom is 0.256 e. The van der Waals surface area contributed by atoms with Crippen LogP contribution in [0.3, 0.4) is 0 Å². The Morgan fingerprint density at radius 2 is 1.19 bits per heavy atom. The Balaban J connectivity index is 1.72. The first-order valence-electron chi connectivity index (χ1n) is 7.67. The van der Waals surface area contributed by atoms with Gasteiger partial charge in [0.1, 0.15) is 11.6 Å². The number of amides is 2. The van der Waals surface area contributed by atoms with Gasteiger partial charge in [-0.25, -0.2) is 9.97 Å². The summed E-state index contributed by atoms with van der Waals surface area (Å²) in [6, 6.07) is 12.8. The number of anilines is 4. The van der Waals surface area contributed by atoms with Crippen molar-refractivity contribution < 1.29 is 9.59 Å².